The molecule has 2 atom stereocenters. The lowest BCUT2D eigenvalue weighted by Gasteiger charge is -2.39. The Morgan fingerprint density at radius 1 is 1.15 bits per heavy atom. The van der Waals surface area contributed by atoms with E-state index in [9.17, 15) is 9.59 Å². The molecular weight excluding hydrogens is 342 g/mol. The summed E-state index contributed by atoms with van der Waals surface area (Å²) in [6.07, 6.45) is 1.85. The molecule has 1 heterocycles. The number of likely N-dealkylation sites (tertiary alicyclic amines) is 1. The minimum absolute atomic E-state index is 0.0657. The van der Waals surface area contributed by atoms with E-state index < -0.39 is 5.60 Å². The van der Waals surface area contributed by atoms with Gasteiger partial charge in [0, 0.05) is 24.7 Å². The minimum atomic E-state index is -0.498. The Morgan fingerprint density at radius 3 is 2.22 bits per heavy atom. The van der Waals surface area contributed by atoms with Crippen LogP contribution in [-0.4, -0.2) is 64.7 Å². The monoisotopic (exact) mass is 383 g/mol. The van der Waals surface area contributed by atoms with Gasteiger partial charge in [-0.15, -0.1) is 0 Å². The zero-order chi connectivity index (χ0) is 21.0. The minimum Gasteiger partial charge on any atom is -0.444 e. The van der Waals surface area contributed by atoms with Crippen molar-refractivity contribution in [1.29, 1.82) is 0 Å². The lowest BCUT2D eigenvalue weighted by molar-refractivity contribution is -0.128. The molecule has 1 rings (SSSR count). The van der Waals surface area contributed by atoms with Gasteiger partial charge in [-0.1, -0.05) is 0 Å². The number of ether oxygens (including phenoxy) is 1. The number of hydrogen-bond donors (Lipinski definition) is 1. The summed E-state index contributed by atoms with van der Waals surface area (Å²) in [4.78, 5) is 29.2. The summed E-state index contributed by atoms with van der Waals surface area (Å²) < 4.78 is 5.58. The molecule has 1 N–H and O–H groups in total. The first-order chi connectivity index (χ1) is 12.2. The Morgan fingerprint density at radius 2 is 1.74 bits per heavy atom. The van der Waals surface area contributed by atoms with Crippen LogP contribution in [-0.2, 0) is 9.53 Å². The van der Waals surface area contributed by atoms with Crippen molar-refractivity contribution in [2.45, 2.75) is 98.4 Å². The van der Waals surface area contributed by atoms with E-state index in [0.717, 1.165) is 25.9 Å². The Bertz CT molecular complexity index is 506. The second-order valence-corrected chi connectivity index (χ2v) is 10.1. The van der Waals surface area contributed by atoms with Crippen LogP contribution in [0.2, 0.25) is 0 Å². The van der Waals surface area contributed by atoms with Crippen LogP contribution in [0.1, 0.15) is 75.2 Å². The largest absolute Gasteiger partial charge is 0.444 e. The van der Waals surface area contributed by atoms with Gasteiger partial charge in [-0.3, -0.25) is 9.69 Å². The highest BCUT2D eigenvalue weighted by molar-refractivity contribution is 5.82. The van der Waals surface area contributed by atoms with Crippen LogP contribution in [0.25, 0.3) is 0 Å². The maximum absolute atomic E-state index is 12.6. The van der Waals surface area contributed by atoms with Gasteiger partial charge in [0.05, 0.1) is 6.04 Å². The SMILES string of the molecule is CC(C(=O)NC(C)(C)C)N1CCCC(CN(C(=O)OC(C)(C)C)C(C)C)C1. The van der Waals surface area contributed by atoms with Gasteiger partial charge in [0.15, 0.2) is 0 Å². The number of rotatable bonds is 5. The van der Waals surface area contributed by atoms with Gasteiger partial charge in [0.2, 0.25) is 5.91 Å². The average Bonchev–Trinajstić information content (AvgIpc) is 2.48. The van der Waals surface area contributed by atoms with Crippen molar-refractivity contribution in [3.63, 3.8) is 0 Å². The Kier molecular flexibility index (Phi) is 8.14. The van der Waals surface area contributed by atoms with Gasteiger partial charge in [-0.2, -0.15) is 0 Å². The van der Waals surface area contributed by atoms with E-state index in [0.29, 0.717) is 12.5 Å². The predicted octanol–water partition coefficient (Wildman–Crippen LogP) is 3.65. The highest BCUT2D eigenvalue weighted by Gasteiger charge is 2.32. The number of amides is 2. The van der Waals surface area contributed by atoms with Gasteiger partial charge in [0.1, 0.15) is 5.60 Å². The predicted molar refractivity (Wildman–Crippen MR) is 110 cm³/mol. The fourth-order valence-electron chi connectivity index (χ4n) is 3.33. The fraction of sp³-hybridized carbons (Fsp3) is 0.905. The third-order valence-electron chi connectivity index (χ3n) is 4.68. The summed E-state index contributed by atoms with van der Waals surface area (Å²) in [5.74, 6) is 0.412. The molecule has 0 spiro atoms. The Labute approximate surface area is 166 Å². The van der Waals surface area contributed by atoms with Crippen LogP contribution in [0.5, 0.6) is 0 Å². The van der Waals surface area contributed by atoms with Gasteiger partial charge in [-0.05, 0) is 87.6 Å². The Balaban J connectivity index is 2.72. The summed E-state index contributed by atoms with van der Waals surface area (Å²) >= 11 is 0. The molecule has 0 radical (unpaired) electrons. The maximum Gasteiger partial charge on any atom is 0.410 e. The second-order valence-electron chi connectivity index (χ2n) is 10.1. The van der Waals surface area contributed by atoms with Crippen molar-refractivity contribution in [2.75, 3.05) is 19.6 Å². The van der Waals surface area contributed by atoms with E-state index in [4.69, 9.17) is 4.74 Å². The summed E-state index contributed by atoms with van der Waals surface area (Å²) in [6.45, 7) is 20.1. The maximum atomic E-state index is 12.6. The van der Waals surface area contributed by atoms with Crippen molar-refractivity contribution < 1.29 is 14.3 Å². The van der Waals surface area contributed by atoms with Crippen molar-refractivity contribution in [1.82, 2.24) is 15.1 Å². The first-order valence-electron chi connectivity index (χ1n) is 10.3. The molecule has 0 bridgehead atoms. The van der Waals surface area contributed by atoms with Crippen LogP contribution < -0.4 is 5.32 Å². The van der Waals surface area contributed by atoms with E-state index in [2.05, 4.69) is 10.2 Å². The number of nitrogens with zero attached hydrogens (tertiary/aromatic N) is 2. The summed E-state index contributed by atoms with van der Waals surface area (Å²) in [5.41, 5.74) is -0.728. The number of carbonyl (C=O) groups excluding carboxylic acids is 2. The van der Waals surface area contributed by atoms with E-state index in [-0.39, 0.29) is 29.6 Å². The third kappa shape index (κ3) is 8.50. The van der Waals surface area contributed by atoms with Crippen molar-refractivity contribution in [3.05, 3.63) is 0 Å². The van der Waals surface area contributed by atoms with Gasteiger partial charge >= 0.3 is 6.09 Å². The van der Waals surface area contributed by atoms with Gasteiger partial charge in [0.25, 0.3) is 0 Å². The molecule has 2 unspecified atom stereocenters. The second kappa shape index (κ2) is 9.26. The number of nitrogens with one attached hydrogen (secondary N) is 1. The first kappa shape index (κ1) is 23.7. The van der Waals surface area contributed by atoms with Crippen molar-refractivity contribution in [2.24, 2.45) is 5.92 Å². The molecule has 6 nitrogen and oxygen atoms in total. The molecule has 1 aliphatic rings. The zero-order valence-electron chi connectivity index (χ0n) is 18.9. The van der Waals surface area contributed by atoms with E-state index >= 15 is 0 Å². The average molecular weight is 384 g/mol. The first-order valence-corrected chi connectivity index (χ1v) is 10.3. The molecule has 0 aromatic heterocycles. The van der Waals surface area contributed by atoms with Crippen LogP contribution in [0.3, 0.4) is 0 Å². The molecule has 1 fully saturated rings. The highest BCUT2D eigenvalue weighted by atomic mass is 16.6. The lowest BCUT2D eigenvalue weighted by Crippen LogP contribution is -2.54. The van der Waals surface area contributed by atoms with Crippen LogP contribution >= 0.6 is 0 Å². The van der Waals surface area contributed by atoms with E-state index in [1.807, 2.05) is 67.2 Å². The van der Waals surface area contributed by atoms with Crippen LogP contribution in [0.15, 0.2) is 0 Å². The number of carbonyl (C=O) groups is 2. The topological polar surface area (TPSA) is 61.9 Å². The van der Waals surface area contributed by atoms with Crippen molar-refractivity contribution >= 4 is 12.0 Å². The third-order valence-corrected chi connectivity index (χ3v) is 4.68. The molecule has 1 aliphatic heterocycles. The quantitative estimate of drug-likeness (QED) is 0.787. The molecular formula is C21H41N3O3. The number of hydrogen-bond acceptors (Lipinski definition) is 4. The van der Waals surface area contributed by atoms with Gasteiger partial charge < -0.3 is 15.0 Å². The van der Waals surface area contributed by atoms with E-state index in [1.54, 1.807) is 0 Å². The van der Waals surface area contributed by atoms with Crippen LogP contribution in [0.4, 0.5) is 4.79 Å². The number of piperidine rings is 1. The zero-order valence-corrected chi connectivity index (χ0v) is 18.9. The van der Waals surface area contributed by atoms with Crippen molar-refractivity contribution in [3.8, 4) is 0 Å². The summed E-state index contributed by atoms with van der Waals surface area (Å²) in [5, 5.41) is 3.07. The molecule has 0 saturated carbocycles. The molecule has 0 aromatic rings. The Hall–Kier alpha value is -1.30. The fourth-order valence-corrected chi connectivity index (χ4v) is 3.33. The van der Waals surface area contributed by atoms with Crippen LogP contribution in [0, 0.1) is 5.92 Å². The molecule has 2 amide bonds. The molecule has 6 heteroatoms. The smallest absolute Gasteiger partial charge is 0.410 e. The molecule has 0 aromatic carbocycles. The molecule has 0 aliphatic carbocycles. The van der Waals surface area contributed by atoms with E-state index in [1.165, 1.54) is 0 Å². The normalized spacial score (nSPS) is 20.3. The molecule has 27 heavy (non-hydrogen) atoms. The lowest BCUT2D eigenvalue weighted by atomic mass is 9.95. The summed E-state index contributed by atoms with van der Waals surface area (Å²) in [7, 11) is 0. The standard InChI is InChI=1S/C21H41N3O3/c1-15(2)24(19(26)27-21(7,8)9)14-17-11-10-12-23(13-17)16(3)18(25)22-20(4,5)6/h15-17H,10-14H2,1-9H3,(H,22,25). The molecule has 158 valence electrons. The summed E-state index contributed by atoms with van der Waals surface area (Å²) in [6, 6.07) is -0.0853. The van der Waals surface area contributed by atoms with Gasteiger partial charge in [-0.25, -0.2) is 4.79 Å². The highest BCUT2D eigenvalue weighted by Crippen LogP contribution is 2.22. The molecule has 1 saturated heterocycles.